The molecule has 7 heteroatoms. The van der Waals surface area contributed by atoms with Crippen molar-refractivity contribution in [2.45, 2.75) is 6.54 Å². The maximum Gasteiger partial charge on any atom is 0.338 e. The van der Waals surface area contributed by atoms with E-state index in [4.69, 9.17) is 10.8 Å². The highest BCUT2D eigenvalue weighted by Gasteiger charge is 2.13. The Kier molecular flexibility index (Phi) is 3.13. The third-order valence-electron chi connectivity index (χ3n) is 2.41. The molecule has 0 fully saturated rings. The molecule has 2 rings (SSSR count). The van der Waals surface area contributed by atoms with E-state index < -0.39 is 17.3 Å². The number of nitrogens with two attached hydrogens (primary N) is 1. The SMILES string of the molecule is Nc1cc(C(=O)O)c(F)cc1NCc1cn[nH]c1. The lowest BCUT2D eigenvalue weighted by molar-refractivity contribution is 0.0692. The molecule has 5 N–H and O–H groups in total. The van der Waals surface area contributed by atoms with E-state index in [2.05, 4.69) is 15.5 Å². The molecule has 0 saturated carbocycles. The number of carboxylic acids is 1. The Morgan fingerprint density at radius 1 is 1.56 bits per heavy atom. The molecule has 0 bridgehead atoms. The van der Waals surface area contributed by atoms with Crippen LogP contribution in [0.5, 0.6) is 0 Å². The Hall–Kier alpha value is -2.57. The van der Waals surface area contributed by atoms with Gasteiger partial charge in [0.1, 0.15) is 5.82 Å². The van der Waals surface area contributed by atoms with Gasteiger partial charge < -0.3 is 16.2 Å². The fourth-order valence-corrected chi connectivity index (χ4v) is 1.48. The molecule has 18 heavy (non-hydrogen) atoms. The number of rotatable bonds is 4. The second-order valence-electron chi connectivity index (χ2n) is 3.68. The van der Waals surface area contributed by atoms with Gasteiger partial charge >= 0.3 is 5.97 Å². The van der Waals surface area contributed by atoms with Gasteiger partial charge in [0.2, 0.25) is 0 Å². The number of aromatic amines is 1. The summed E-state index contributed by atoms with van der Waals surface area (Å²) in [6, 6.07) is 2.16. The fourth-order valence-electron chi connectivity index (χ4n) is 1.48. The molecule has 0 saturated heterocycles. The van der Waals surface area contributed by atoms with Crippen LogP contribution in [0.25, 0.3) is 0 Å². The van der Waals surface area contributed by atoms with Crippen LogP contribution < -0.4 is 11.1 Å². The van der Waals surface area contributed by atoms with Crippen LogP contribution in [0.15, 0.2) is 24.5 Å². The lowest BCUT2D eigenvalue weighted by Gasteiger charge is -2.09. The molecule has 0 radical (unpaired) electrons. The first-order chi connectivity index (χ1) is 8.58. The van der Waals surface area contributed by atoms with E-state index in [9.17, 15) is 9.18 Å². The van der Waals surface area contributed by atoms with Gasteiger partial charge in [0, 0.05) is 18.3 Å². The minimum atomic E-state index is -1.35. The quantitative estimate of drug-likeness (QED) is 0.615. The number of aromatic carboxylic acids is 1. The first kappa shape index (κ1) is 11.9. The van der Waals surface area contributed by atoms with Gasteiger partial charge in [0.05, 0.1) is 23.1 Å². The van der Waals surface area contributed by atoms with E-state index in [0.717, 1.165) is 17.7 Å². The molecule has 0 unspecified atom stereocenters. The van der Waals surface area contributed by atoms with E-state index in [1.54, 1.807) is 12.4 Å². The van der Waals surface area contributed by atoms with Crippen LogP contribution in [0.2, 0.25) is 0 Å². The summed E-state index contributed by atoms with van der Waals surface area (Å²) < 4.78 is 13.5. The van der Waals surface area contributed by atoms with Crippen LogP contribution in [0.3, 0.4) is 0 Å². The minimum Gasteiger partial charge on any atom is -0.478 e. The van der Waals surface area contributed by atoms with Crippen molar-refractivity contribution in [2.75, 3.05) is 11.1 Å². The molecular weight excluding hydrogens is 239 g/mol. The lowest BCUT2D eigenvalue weighted by Crippen LogP contribution is -2.07. The first-order valence-electron chi connectivity index (χ1n) is 5.12. The normalized spacial score (nSPS) is 10.3. The number of anilines is 2. The second kappa shape index (κ2) is 4.74. The number of halogens is 1. The van der Waals surface area contributed by atoms with Gasteiger partial charge in [-0.3, -0.25) is 5.10 Å². The molecular formula is C11H11FN4O2. The van der Waals surface area contributed by atoms with Gasteiger partial charge in [-0.25, -0.2) is 9.18 Å². The van der Waals surface area contributed by atoms with Crippen LogP contribution >= 0.6 is 0 Å². The van der Waals surface area contributed by atoms with Crippen LogP contribution in [-0.2, 0) is 6.54 Å². The highest BCUT2D eigenvalue weighted by atomic mass is 19.1. The van der Waals surface area contributed by atoms with Gasteiger partial charge in [0.15, 0.2) is 0 Å². The van der Waals surface area contributed by atoms with Crippen molar-refractivity contribution in [3.63, 3.8) is 0 Å². The van der Waals surface area contributed by atoms with E-state index >= 15 is 0 Å². The molecule has 1 aromatic carbocycles. The number of nitrogens with zero attached hydrogens (tertiary/aromatic N) is 1. The van der Waals surface area contributed by atoms with Crippen LogP contribution in [0.1, 0.15) is 15.9 Å². The number of carbonyl (C=O) groups is 1. The summed E-state index contributed by atoms with van der Waals surface area (Å²) in [6.07, 6.45) is 3.30. The zero-order valence-corrected chi connectivity index (χ0v) is 9.27. The molecule has 0 aliphatic rings. The van der Waals surface area contributed by atoms with Crippen molar-refractivity contribution >= 4 is 17.3 Å². The fraction of sp³-hybridized carbons (Fsp3) is 0.0909. The van der Waals surface area contributed by atoms with Gasteiger partial charge in [-0.2, -0.15) is 5.10 Å². The molecule has 6 nitrogen and oxygen atoms in total. The van der Waals surface area contributed by atoms with Crippen molar-refractivity contribution in [3.8, 4) is 0 Å². The predicted molar refractivity (Wildman–Crippen MR) is 63.7 cm³/mol. The Morgan fingerprint density at radius 2 is 2.33 bits per heavy atom. The lowest BCUT2D eigenvalue weighted by atomic mass is 10.1. The molecule has 94 valence electrons. The van der Waals surface area contributed by atoms with Crippen molar-refractivity contribution < 1.29 is 14.3 Å². The van der Waals surface area contributed by atoms with Crippen LogP contribution in [-0.4, -0.2) is 21.3 Å². The minimum absolute atomic E-state index is 0.178. The van der Waals surface area contributed by atoms with E-state index in [-0.39, 0.29) is 5.69 Å². The van der Waals surface area contributed by atoms with Crippen LogP contribution in [0.4, 0.5) is 15.8 Å². The number of carboxylic acid groups (broad SMARTS) is 1. The predicted octanol–water partition coefficient (Wildman–Crippen LogP) is 1.44. The van der Waals surface area contributed by atoms with Crippen molar-refractivity contribution in [1.82, 2.24) is 10.2 Å². The monoisotopic (exact) mass is 250 g/mol. The Labute approximate surface area is 102 Å². The summed E-state index contributed by atoms with van der Waals surface area (Å²) in [5, 5.41) is 18.0. The summed E-state index contributed by atoms with van der Waals surface area (Å²) >= 11 is 0. The third-order valence-corrected chi connectivity index (χ3v) is 2.41. The number of benzene rings is 1. The average molecular weight is 250 g/mol. The van der Waals surface area contributed by atoms with E-state index in [1.807, 2.05) is 0 Å². The van der Waals surface area contributed by atoms with Crippen molar-refractivity contribution in [1.29, 1.82) is 0 Å². The third kappa shape index (κ3) is 2.40. The molecule has 1 heterocycles. The van der Waals surface area contributed by atoms with Gasteiger partial charge in [-0.1, -0.05) is 0 Å². The van der Waals surface area contributed by atoms with Crippen molar-refractivity contribution in [2.24, 2.45) is 0 Å². The Balaban J connectivity index is 2.19. The summed E-state index contributed by atoms with van der Waals surface area (Å²) in [5.41, 5.74) is 6.60. The summed E-state index contributed by atoms with van der Waals surface area (Å²) in [5.74, 6) is -2.17. The number of hydrogen-bond acceptors (Lipinski definition) is 4. The smallest absolute Gasteiger partial charge is 0.338 e. The summed E-state index contributed by atoms with van der Waals surface area (Å²) in [7, 11) is 0. The maximum absolute atomic E-state index is 13.5. The second-order valence-corrected chi connectivity index (χ2v) is 3.68. The van der Waals surface area contributed by atoms with Crippen LogP contribution in [0, 0.1) is 5.82 Å². The number of nitrogen functional groups attached to an aromatic ring is 1. The Morgan fingerprint density at radius 3 is 2.94 bits per heavy atom. The molecule has 1 aromatic heterocycles. The molecule has 0 amide bonds. The first-order valence-corrected chi connectivity index (χ1v) is 5.12. The molecule has 0 aliphatic heterocycles. The summed E-state index contributed by atoms with van der Waals surface area (Å²) in [4.78, 5) is 10.7. The largest absolute Gasteiger partial charge is 0.478 e. The number of hydrogen-bond donors (Lipinski definition) is 4. The van der Waals surface area contributed by atoms with Gasteiger partial charge in [-0.15, -0.1) is 0 Å². The highest BCUT2D eigenvalue weighted by Crippen LogP contribution is 2.23. The Bertz CT molecular complexity index is 569. The van der Waals surface area contributed by atoms with Gasteiger partial charge in [0.25, 0.3) is 0 Å². The number of H-pyrrole nitrogens is 1. The zero-order valence-electron chi connectivity index (χ0n) is 9.27. The molecule has 0 atom stereocenters. The molecule has 0 spiro atoms. The van der Waals surface area contributed by atoms with E-state index in [1.165, 1.54) is 0 Å². The van der Waals surface area contributed by atoms with Gasteiger partial charge in [-0.05, 0) is 12.1 Å². The summed E-state index contributed by atoms with van der Waals surface area (Å²) in [6.45, 7) is 0.409. The average Bonchev–Trinajstić information content (AvgIpc) is 2.82. The van der Waals surface area contributed by atoms with E-state index in [0.29, 0.717) is 12.2 Å². The zero-order chi connectivity index (χ0) is 13.1. The number of nitrogens with one attached hydrogen (secondary N) is 2. The van der Waals surface area contributed by atoms with Crippen molar-refractivity contribution in [3.05, 3.63) is 41.5 Å². The number of aromatic nitrogens is 2. The maximum atomic E-state index is 13.5. The highest BCUT2D eigenvalue weighted by molar-refractivity contribution is 5.90. The topological polar surface area (TPSA) is 104 Å². The molecule has 2 aromatic rings. The standard InChI is InChI=1S/C11H11FN4O2/c12-8-2-10(9(13)1-7(8)11(17)18)14-3-6-4-15-16-5-6/h1-2,4-5,14H,3,13H2,(H,15,16)(H,17,18). The molecule has 0 aliphatic carbocycles.